The zero-order chi connectivity index (χ0) is 17.9. The van der Waals surface area contributed by atoms with Gasteiger partial charge in [0.2, 0.25) is 0 Å². The van der Waals surface area contributed by atoms with Crippen LogP contribution < -0.4 is 11.0 Å². The molecule has 0 atom stereocenters. The van der Waals surface area contributed by atoms with Crippen molar-refractivity contribution in [3.05, 3.63) is 83.0 Å². The lowest BCUT2D eigenvalue weighted by atomic mass is 10.0. The normalized spacial score (nSPS) is 10.8. The fourth-order valence-corrected chi connectivity index (χ4v) is 2.80. The molecule has 0 aliphatic carbocycles. The summed E-state index contributed by atoms with van der Waals surface area (Å²) in [6.07, 6.45) is 3.26. The lowest BCUT2D eigenvalue weighted by molar-refractivity contribution is 0.182. The third kappa shape index (κ3) is 2.86. The average Bonchev–Trinajstić information content (AvgIpc) is 2.70. The van der Waals surface area contributed by atoms with Crippen molar-refractivity contribution < 1.29 is 5.21 Å². The Bertz CT molecular complexity index is 1130. The van der Waals surface area contributed by atoms with Crippen LogP contribution in [-0.2, 0) is 6.54 Å². The average molecular weight is 345 g/mol. The Labute approximate surface area is 148 Å². The van der Waals surface area contributed by atoms with Gasteiger partial charge in [0.25, 0.3) is 0 Å². The molecule has 3 heterocycles. The van der Waals surface area contributed by atoms with Gasteiger partial charge in [0, 0.05) is 24.5 Å². The first-order valence-corrected chi connectivity index (χ1v) is 8.04. The predicted octanol–water partition coefficient (Wildman–Crippen LogP) is 2.70. The minimum atomic E-state index is -0.781. The van der Waals surface area contributed by atoms with E-state index in [1.54, 1.807) is 18.3 Å². The Hall–Kier alpha value is -3.74. The van der Waals surface area contributed by atoms with Crippen LogP contribution in [0.1, 0.15) is 5.56 Å². The molecule has 1 aromatic carbocycles. The van der Waals surface area contributed by atoms with Crippen molar-refractivity contribution in [2.45, 2.75) is 6.54 Å². The second-order valence-corrected chi connectivity index (χ2v) is 5.66. The summed E-state index contributed by atoms with van der Waals surface area (Å²) in [6, 6.07) is 17.1. The van der Waals surface area contributed by atoms with Gasteiger partial charge in [-0.3, -0.25) is 4.98 Å². The standard InChI is InChI=1S/C19H15N5O2/c25-19-23-17(15-8-5-11-21-18(15)24(19)26)22-12-13-6-1-2-7-14(13)16-9-3-4-10-20-16/h1-11,26H,12H2,(H,22,23,25). The summed E-state index contributed by atoms with van der Waals surface area (Å²) in [6.45, 7) is 0.443. The molecule has 2 N–H and O–H groups in total. The van der Waals surface area contributed by atoms with E-state index in [1.807, 2.05) is 42.5 Å². The topological polar surface area (TPSA) is 92.9 Å². The molecular formula is C19H15N5O2. The molecule has 7 heteroatoms. The molecule has 128 valence electrons. The molecule has 7 nitrogen and oxygen atoms in total. The predicted molar refractivity (Wildman–Crippen MR) is 98.0 cm³/mol. The number of hydrogen-bond donors (Lipinski definition) is 2. The maximum Gasteiger partial charge on any atom is 0.384 e. The number of nitrogens with zero attached hydrogens (tertiary/aromatic N) is 4. The number of anilines is 1. The van der Waals surface area contributed by atoms with Crippen molar-refractivity contribution in [2.75, 3.05) is 5.32 Å². The van der Waals surface area contributed by atoms with E-state index >= 15 is 0 Å². The summed E-state index contributed by atoms with van der Waals surface area (Å²) in [5, 5.41) is 13.5. The van der Waals surface area contributed by atoms with Gasteiger partial charge >= 0.3 is 5.69 Å². The van der Waals surface area contributed by atoms with Crippen LogP contribution >= 0.6 is 0 Å². The lowest BCUT2D eigenvalue weighted by Crippen LogP contribution is -2.23. The number of pyridine rings is 2. The quantitative estimate of drug-likeness (QED) is 0.553. The van der Waals surface area contributed by atoms with E-state index in [1.165, 1.54) is 6.20 Å². The molecule has 0 amide bonds. The van der Waals surface area contributed by atoms with Crippen molar-refractivity contribution in [3.63, 3.8) is 0 Å². The Balaban J connectivity index is 1.71. The molecule has 0 radical (unpaired) electrons. The van der Waals surface area contributed by atoms with E-state index in [2.05, 4.69) is 20.3 Å². The first kappa shape index (κ1) is 15.8. The molecule has 0 fully saturated rings. The summed E-state index contributed by atoms with van der Waals surface area (Å²) in [5.74, 6) is 0.374. The molecule has 0 saturated heterocycles. The Kier molecular flexibility index (Phi) is 4.03. The second kappa shape index (κ2) is 6.64. The highest BCUT2D eigenvalue weighted by Crippen LogP contribution is 2.23. The number of rotatable bonds is 4. The van der Waals surface area contributed by atoms with E-state index in [4.69, 9.17) is 0 Å². The third-order valence-corrected chi connectivity index (χ3v) is 4.04. The van der Waals surface area contributed by atoms with Crippen molar-refractivity contribution >= 4 is 16.9 Å². The van der Waals surface area contributed by atoms with Crippen molar-refractivity contribution in [3.8, 4) is 11.3 Å². The maximum absolute atomic E-state index is 11.9. The Morgan fingerprint density at radius 3 is 2.62 bits per heavy atom. The molecule has 0 bridgehead atoms. The molecule has 0 saturated carbocycles. The number of nitrogens with one attached hydrogen (secondary N) is 1. The van der Waals surface area contributed by atoms with Gasteiger partial charge in [0.15, 0.2) is 5.65 Å². The molecule has 0 aliphatic rings. The van der Waals surface area contributed by atoms with Crippen molar-refractivity contribution in [1.29, 1.82) is 0 Å². The van der Waals surface area contributed by atoms with Crippen LogP contribution in [0.3, 0.4) is 0 Å². The van der Waals surface area contributed by atoms with Crippen molar-refractivity contribution in [2.24, 2.45) is 0 Å². The number of aromatic nitrogens is 4. The summed E-state index contributed by atoms with van der Waals surface area (Å²) in [5.41, 5.74) is 2.26. The summed E-state index contributed by atoms with van der Waals surface area (Å²) in [7, 11) is 0. The van der Waals surface area contributed by atoms with Crippen LogP contribution in [0.15, 0.2) is 71.8 Å². The van der Waals surface area contributed by atoms with E-state index in [0.717, 1.165) is 16.8 Å². The second-order valence-electron chi connectivity index (χ2n) is 5.66. The zero-order valence-electron chi connectivity index (χ0n) is 13.7. The van der Waals surface area contributed by atoms with E-state index in [0.29, 0.717) is 22.5 Å². The van der Waals surface area contributed by atoms with E-state index in [-0.39, 0.29) is 5.65 Å². The largest absolute Gasteiger partial charge is 0.422 e. The summed E-state index contributed by atoms with van der Waals surface area (Å²) in [4.78, 5) is 24.2. The minimum absolute atomic E-state index is 0.160. The highest BCUT2D eigenvalue weighted by Gasteiger charge is 2.11. The smallest absolute Gasteiger partial charge is 0.384 e. The molecule has 26 heavy (non-hydrogen) atoms. The molecular weight excluding hydrogens is 330 g/mol. The van der Waals surface area contributed by atoms with E-state index < -0.39 is 5.69 Å². The Morgan fingerprint density at radius 2 is 1.77 bits per heavy atom. The fraction of sp³-hybridized carbons (Fsp3) is 0.0526. The molecule has 3 aromatic heterocycles. The first-order chi connectivity index (χ1) is 12.7. The number of fused-ring (bicyclic) bond motifs is 1. The Morgan fingerprint density at radius 1 is 0.962 bits per heavy atom. The van der Waals surface area contributed by atoms with Crippen LogP contribution in [0.25, 0.3) is 22.3 Å². The van der Waals surface area contributed by atoms with Crippen LogP contribution in [0.2, 0.25) is 0 Å². The highest BCUT2D eigenvalue weighted by molar-refractivity contribution is 5.86. The van der Waals surface area contributed by atoms with Gasteiger partial charge < -0.3 is 10.5 Å². The number of hydrogen-bond acceptors (Lipinski definition) is 6. The van der Waals surface area contributed by atoms with Gasteiger partial charge in [-0.15, -0.1) is 4.73 Å². The first-order valence-electron chi connectivity index (χ1n) is 8.04. The van der Waals surface area contributed by atoms with Crippen LogP contribution in [0.4, 0.5) is 5.82 Å². The maximum atomic E-state index is 11.9. The minimum Gasteiger partial charge on any atom is -0.422 e. The molecule has 0 aliphatic heterocycles. The molecule has 0 spiro atoms. The van der Waals surface area contributed by atoms with Crippen LogP contribution in [0.5, 0.6) is 0 Å². The van der Waals surface area contributed by atoms with Crippen LogP contribution in [0, 0.1) is 0 Å². The van der Waals surface area contributed by atoms with Gasteiger partial charge in [0.05, 0.1) is 11.1 Å². The van der Waals surface area contributed by atoms with Gasteiger partial charge in [0.1, 0.15) is 5.82 Å². The SMILES string of the molecule is O=c1nc(NCc2ccccc2-c2ccccn2)c2cccnc2n1O. The van der Waals surface area contributed by atoms with Crippen LogP contribution in [-0.4, -0.2) is 24.9 Å². The third-order valence-electron chi connectivity index (χ3n) is 4.04. The van der Waals surface area contributed by atoms with E-state index in [9.17, 15) is 10.0 Å². The van der Waals surface area contributed by atoms with Crippen molar-refractivity contribution in [1.82, 2.24) is 19.7 Å². The molecule has 4 rings (SSSR count). The van der Waals surface area contributed by atoms with Gasteiger partial charge in [-0.25, -0.2) is 9.78 Å². The van der Waals surface area contributed by atoms with Gasteiger partial charge in [-0.1, -0.05) is 30.3 Å². The lowest BCUT2D eigenvalue weighted by Gasteiger charge is -2.12. The van der Waals surface area contributed by atoms with Gasteiger partial charge in [-0.2, -0.15) is 4.98 Å². The number of benzene rings is 1. The molecule has 4 aromatic rings. The highest BCUT2D eigenvalue weighted by atomic mass is 16.5. The summed E-state index contributed by atoms with van der Waals surface area (Å²) >= 11 is 0. The zero-order valence-corrected chi connectivity index (χ0v) is 13.7. The summed E-state index contributed by atoms with van der Waals surface area (Å²) < 4.78 is 0.447. The van der Waals surface area contributed by atoms with Gasteiger partial charge in [-0.05, 0) is 29.8 Å². The monoisotopic (exact) mass is 345 g/mol. The molecule has 0 unspecified atom stereocenters. The fourth-order valence-electron chi connectivity index (χ4n) is 2.80.